The fraction of sp³-hybridized carbons (Fsp3) is 0.312. The van der Waals surface area contributed by atoms with Crippen LogP contribution < -0.4 is 10.6 Å². The van der Waals surface area contributed by atoms with Crippen molar-refractivity contribution in [2.24, 2.45) is 0 Å². The van der Waals surface area contributed by atoms with E-state index in [2.05, 4.69) is 10.6 Å². The van der Waals surface area contributed by atoms with Crippen molar-refractivity contribution in [1.82, 2.24) is 5.32 Å². The summed E-state index contributed by atoms with van der Waals surface area (Å²) in [6.07, 6.45) is 1.51. The van der Waals surface area contributed by atoms with Gasteiger partial charge in [0, 0.05) is 18.7 Å². The van der Waals surface area contributed by atoms with Crippen molar-refractivity contribution in [2.75, 3.05) is 19.0 Å². The number of hydrogen-bond donors (Lipinski definition) is 2. The lowest BCUT2D eigenvalue weighted by Gasteiger charge is -2.17. The van der Waals surface area contributed by atoms with Crippen molar-refractivity contribution in [3.8, 4) is 0 Å². The average Bonchev–Trinajstić information content (AvgIpc) is 3.03. The molecule has 0 radical (unpaired) electrons. The first-order chi connectivity index (χ1) is 11.4. The molecule has 8 nitrogen and oxygen atoms in total. The van der Waals surface area contributed by atoms with Gasteiger partial charge in [0.05, 0.1) is 23.5 Å². The number of aryl methyl sites for hydroxylation is 2. The summed E-state index contributed by atoms with van der Waals surface area (Å²) in [6.45, 7) is 3.65. The molecule has 2 amide bonds. The number of anilines is 1. The normalized spacial score (nSPS) is 11.8. The van der Waals surface area contributed by atoms with Crippen LogP contribution in [0.1, 0.15) is 22.9 Å². The predicted molar refractivity (Wildman–Crippen MR) is 88.0 cm³/mol. The number of benzene rings is 1. The first-order valence-corrected chi connectivity index (χ1v) is 7.28. The quantitative estimate of drug-likeness (QED) is 0.623. The van der Waals surface area contributed by atoms with Gasteiger partial charge in [-0.25, -0.2) is 4.79 Å². The zero-order valence-corrected chi connectivity index (χ0v) is 13.7. The third-order valence-corrected chi connectivity index (χ3v) is 3.51. The Morgan fingerprint density at radius 3 is 2.71 bits per heavy atom. The van der Waals surface area contributed by atoms with Gasteiger partial charge in [0.25, 0.3) is 5.69 Å². The van der Waals surface area contributed by atoms with E-state index in [4.69, 9.17) is 9.15 Å². The fourth-order valence-corrected chi connectivity index (χ4v) is 2.34. The van der Waals surface area contributed by atoms with Crippen molar-refractivity contribution in [1.29, 1.82) is 0 Å². The van der Waals surface area contributed by atoms with Gasteiger partial charge in [0.1, 0.15) is 11.8 Å². The molecule has 1 aromatic heterocycles. The number of amides is 2. The molecule has 1 atom stereocenters. The molecule has 0 saturated carbocycles. The highest BCUT2D eigenvalue weighted by molar-refractivity contribution is 5.91. The van der Waals surface area contributed by atoms with Gasteiger partial charge in [-0.15, -0.1) is 0 Å². The number of carbonyl (C=O) groups excluding carboxylic acids is 1. The second-order valence-electron chi connectivity index (χ2n) is 5.33. The van der Waals surface area contributed by atoms with Gasteiger partial charge in [0.15, 0.2) is 0 Å². The molecular weight excluding hydrogens is 314 g/mol. The number of methoxy groups -OCH3 is 1. The second-order valence-corrected chi connectivity index (χ2v) is 5.33. The summed E-state index contributed by atoms with van der Waals surface area (Å²) in [7, 11) is 1.52. The summed E-state index contributed by atoms with van der Waals surface area (Å²) in [5, 5.41) is 16.4. The van der Waals surface area contributed by atoms with Gasteiger partial charge in [-0.3, -0.25) is 10.1 Å². The van der Waals surface area contributed by atoms with Crippen LogP contribution >= 0.6 is 0 Å². The summed E-state index contributed by atoms with van der Waals surface area (Å²) in [5.41, 5.74) is 1.60. The monoisotopic (exact) mass is 333 g/mol. The third-order valence-electron chi connectivity index (χ3n) is 3.51. The van der Waals surface area contributed by atoms with E-state index in [9.17, 15) is 14.9 Å². The van der Waals surface area contributed by atoms with E-state index < -0.39 is 17.0 Å². The van der Waals surface area contributed by atoms with Crippen LogP contribution in [-0.2, 0) is 4.74 Å². The van der Waals surface area contributed by atoms with Crippen molar-refractivity contribution in [3.63, 3.8) is 0 Å². The lowest BCUT2D eigenvalue weighted by Crippen LogP contribution is -2.34. The number of furan rings is 1. The zero-order valence-electron chi connectivity index (χ0n) is 13.7. The Balaban J connectivity index is 2.14. The Hall–Kier alpha value is -2.87. The number of ether oxygens (including phenoxy) is 1. The van der Waals surface area contributed by atoms with Crippen LogP contribution in [0.25, 0.3) is 0 Å². The SMILES string of the molecule is COC[C@@H](NC(=O)Nc1cc([N+](=O)[O-])c(C)cc1C)c1ccco1. The number of nitrogens with zero attached hydrogens (tertiary/aromatic N) is 1. The van der Waals surface area contributed by atoms with Gasteiger partial charge in [-0.2, -0.15) is 0 Å². The Labute approximate surface area is 139 Å². The van der Waals surface area contributed by atoms with E-state index in [0.29, 0.717) is 17.0 Å². The highest BCUT2D eigenvalue weighted by Gasteiger charge is 2.19. The molecule has 0 saturated heterocycles. The largest absolute Gasteiger partial charge is 0.467 e. The van der Waals surface area contributed by atoms with E-state index >= 15 is 0 Å². The van der Waals surface area contributed by atoms with Crippen LogP contribution in [0.4, 0.5) is 16.2 Å². The van der Waals surface area contributed by atoms with Crippen LogP contribution in [0.2, 0.25) is 0 Å². The van der Waals surface area contributed by atoms with Crippen LogP contribution in [0.3, 0.4) is 0 Å². The molecule has 0 aliphatic heterocycles. The second kappa shape index (κ2) is 7.60. The molecule has 2 aromatic rings. The Bertz CT molecular complexity index is 728. The molecule has 8 heteroatoms. The van der Waals surface area contributed by atoms with E-state index in [-0.39, 0.29) is 12.3 Å². The molecule has 0 aliphatic carbocycles. The number of rotatable bonds is 6. The lowest BCUT2D eigenvalue weighted by molar-refractivity contribution is -0.385. The highest BCUT2D eigenvalue weighted by atomic mass is 16.6. The summed E-state index contributed by atoms with van der Waals surface area (Å²) in [5.74, 6) is 0.554. The number of carbonyl (C=O) groups is 1. The number of nitrogens with one attached hydrogen (secondary N) is 2. The third kappa shape index (κ3) is 4.11. The number of hydrogen-bond acceptors (Lipinski definition) is 5. The van der Waals surface area contributed by atoms with Gasteiger partial charge < -0.3 is 19.8 Å². The average molecular weight is 333 g/mol. The smallest absolute Gasteiger partial charge is 0.319 e. The minimum absolute atomic E-state index is 0.0459. The molecule has 2 rings (SSSR count). The molecule has 1 aromatic carbocycles. The van der Waals surface area contributed by atoms with Gasteiger partial charge >= 0.3 is 6.03 Å². The number of nitro benzene ring substituents is 1. The summed E-state index contributed by atoms with van der Waals surface area (Å²) in [6, 6.07) is 5.48. The van der Waals surface area contributed by atoms with Gasteiger partial charge in [0.2, 0.25) is 0 Å². The first-order valence-electron chi connectivity index (χ1n) is 7.28. The Morgan fingerprint density at radius 1 is 1.38 bits per heavy atom. The first kappa shape index (κ1) is 17.5. The molecular formula is C16H19N3O5. The maximum absolute atomic E-state index is 12.2. The fourth-order valence-electron chi connectivity index (χ4n) is 2.34. The van der Waals surface area contributed by atoms with Crippen LogP contribution in [-0.4, -0.2) is 24.7 Å². The van der Waals surface area contributed by atoms with Gasteiger partial charge in [-0.1, -0.05) is 0 Å². The molecule has 0 fully saturated rings. The number of urea groups is 1. The predicted octanol–water partition coefficient (Wildman–Crippen LogP) is 3.31. The van der Waals surface area contributed by atoms with Gasteiger partial charge in [-0.05, 0) is 37.6 Å². The standard InChI is InChI=1S/C16H19N3O5/c1-10-7-11(2)14(19(21)22)8-12(10)17-16(20)18-13(9-23-3)15-5-4-6-24-15/h4-8,13H,9H2,1-3H3,(H2,17,18,20)/t13-/m1/s1. The molecule has 0 aliphatic rings. The minimum atomic E-state index is -0.505. The van der Waals surface area contributed by atoms with E-state index in [1.54, 1.807) is 32.0 Å². The van der Waals surface area contributed by atoms with Crippen molar-refractivity contribution >= 4 is 17.4 Å². The highest BCUT2D eigenvalue weighted by Crippen LogP contribution is 2.26. The maximum Gasteiger partial charge on any atom is 0.319 e. The van der Waals surface area contributed by atoms with Crippen molar-refractivity contribution in [3.05, 3.63) is 57.5 Å². The Morgan fingerprint density at radius 2 is 2.12 bits per heavy atom. The molecule has 1 heterocycles. The molecule has 0 unspecified atom stereocenters. The van der Waals surface area contributed by atoms with E-state index in [1.165, 1.54) is 19.4 Å². The molecule has 24 heavy (non-hydrogen) atoms. The van der Waals surface area contributed by atoms with Crippen LogP contribution in [0.5, 0.6) is 0 Å². The number of nitro groups is 1. The maximum atomic E-state index is 12.2. The van der Waals surface area contributed by atoms with E-state index in [0.717, 1.165) is 5.56 Å². The molecule has 128 valence electrons. The summed E-state index contributed by atoms with van der Waals surface area (Å²) < 4.78 is 10.4. The van der Waals surface area contributed by atoms with Crippen molar-refractivity contribution < 1.29 is 18.9 Å². The van der Waals surface area contributed by atoms with E-state index in [1.807, 2.05) is 0 Å². The topological polar surface area (TPSA) is 107 Å². The molecule has 0 spiro atoms. The minimum Gasteiger partial charge on any atom is -0.467 e. The zero-order chi connectivity index (χ0) is 17.7. The molecule has 2 N–H and O–H groups in total. The van der Waals surface area contributed by atoms with Crippen LogP contribution in [0.15, 0.2) is 34.9 Å². The summed E-state index contributed by atoms with van der Waals surface area (Å²) >= 11 is 0. The van der Waals surface area contributed by atoms with Crippen molar-refractivity contribution in [2.45, 2.75) is 19.9 Å². The molecule has 0 bridgehead atoms. The Kier molecular flexibility index (Phi) is 5.54. The van der Waals surface area contributed by atoms with Crippen LogP contribution in [0, 0.1) is 24.0 Å². The summed E-state index contributed by atoms with van der Waals surface area (Å²) in [4.78, 5) is 22.8. The lowest BCUT2D eigenvalue weighted by atomic mass is 10.1.